The van der Waals surface area contributed by atoms with Gasteiger partial charge in [-0.05, 0) is 39.0 Å². The van der Waals surface area contributed by atoms with Gasteiger partial charge in [-0.15, -0.1) is 0 Å². The number of hydrogen-bond acceptors (Lipinski definition) is 2. The molecule has 1 aliphatic rings. The molecule has 0 aromatic heterocycles. The standard InChI is InChI=1S/C13H23NO/c1-9(2)12-6-5-7-13(12)10(3)11(4)14-8-15/h10,13-15H,4-8H2,1-3H3. The van der Waals surface area contributed by atoms with Crippen LogP contribution in [0.15, 0.2) is 23.4 Å². The molecular formula is C13H23NO. The highest BCUT2D eigenvalue weighted by Gasteiger charge is 2.28. The molecule has 0 amide bonds. The van der Waals surface area contributed by atoms with Crippen LogP contribution in [-0.2, 0) is 0 Å². The minimum Gasteiger partial charge on any atom is -0.377 e. The Hall–Kier alpha value is -0.760. The molecule has 0 aromatic carbocycles. The first-order valence-electron chi connectivity index (χ1n) is 5.77. The summed E-state index contributed by atoms with van der Waals surface area (Å²) in [6.45, 7) is 10.6. The van der Waals surface area contributed by atoms with Crippen molar-refractivity contribution in [3.05, 3.63) is 23.4 Å². The molecule has 0 bridgehead atoms. The Morgan fingerprint density at radius 2 is 2.27 bits per heavy atom. The molecule has 2 heteroatoms. The van der Waals surface area contributed by atoms with E-state index in [0.29, 0.717) is 11.8 Å². The van der Waals surface area contributed by atoms with Gasteiger partial charge < -0.3 is 10.4 Å². The molecule has 2 atom stereocenters. The lowest BCUT2D eigenvalue weighted by Gasteiger charge is -2.24. The van der Waals surface area contributed by atoms with Gasteiger partial charge in [0.25, 0.3) is 0 Å². The first kappa shape index (κ1) is 12.3. The lowest BCUT2D eigenvalue weighted by Crippen LogP contribution is -2.23. The monoisotopic (exact) mass is 209 g/mol. The van der Waals surface area contributed by atoms with Crippen LogP contribution in [0.5, 0.6) is 0 Å². The van der Waals surface area contributed by atoms with Crippen LogP contribution in [0.3, 0.4) is 0 Å². The molecule has 2 unspecified atom stereocenters. The van der Waals surface area contributed by atoms with Crippen LogP contribution < -0.4 is 5.32 Å². The van der Waals surface area contributed by atoms with E-state index in [9.17, 15) is 0 Å². The summed E-state index contributed by atoms with van der Waals surface area (Å²) in [5, 5.41) is 11.7. The zero-order valence-electron chi connectivity index (χ0n) is 10.1. The van der Waals surface area contributed by atoms with Gasteiger partial charge in [-0.1, -0.05) is 24.6 Å². The third kappa shape index (κ3) is 2.85. The van der Waals surface area contributed by atoms with Crippen LogP contribution in [0.4, 0.5) is 0 Å². The molecule has 1 rings (SSSR count). The van der Waals surface area contributed by atoms with Crippen LogP contribution in [0.1, 0.15) is 40.0 Å². The van der Waals surface area contributed by atoms with E-state index in [1.165, 1.54) is 24.8 Å². The molecule has 0 spiro atoms. The van der Waals surface area contributed by atoms with Gasteiger partial charge in [0.05, 0.1) is 0 Å². The van der Waals surface area contributed by atoms with Crippen molar-refractivity contribution in [1.29, 1.82) is 0 Å². The average Bonchev–Trinajstić information content (AvgIpc) is 2.65. The molecule has 0 aliphatic heterocycles. The Kier molecular flexibility index (Phi) is 4.40. The highest BCUT2D eigenvalue weighted by atomic mass is 16.3. The molecule has 0 saturated heterocycles. The van der Waals surface area contributed by atoms with Crippen molar-refractivity contribution in [3.8, 4) is 0 Å². The zero-order chi connectivity index (χ0) is 11.4. The van der Waals surface area contributed by atoms with Crippen LogP contribution in [0.25, 0.3) is 0 Å². The van der Waals surface area contributed by atoms with E-state index in [-0.39, 0.29) is 6.73 Å². The van der Waals surface area contributed by atoms with Crippen molar-refractivity contribution in [2.75, 3.05) is 6.73 Å². The first-order chi connectivity index (χ1) is 7.07. The topological polar surface area (TPSA) is 32.3 Å². The van der Waals surface area contributed by atoms with E-state index in [2.05, 4.69) is 32.7 Å². The summed E-state index contributed by atoms with van der Waals surface area (Å²) in [6.07, 6.45) is 3.79. The number of nitrogens with one attached hydrogen (secondary N) is 1. The van der Waals surface area contributed by atoms with Gasteiger partial charge in [-0.25, -0.2) is 0 Å². The maximum Gasteiger partial charge on any atom is 0.113 e. The number of allylic oxidation sites excluding steroid dienone is 3. The van der Waals surface area contributed by atoms with E-state index >= 15 is 0 Å². The number of rotatable bonds is 4. The van der Waals surface area contributed by atoms with E-state index < -0.39 is 0 Å². The Bertz CT molecular complexity index is 264. The van der Waals surface area contributed by atoms with Crippen molar-refractivity contribution < 1.29 is 5.11 Å². The summed E-state index contributed by atoms with van der Waals surface area (Å²) in [7, 11) is 0. The maximum absolute atomic E-state index is 8.82. The van der Waals surface area contributed by atoms with Crippen molar-refractivity contribution in [2.24, 2.45) is 11.8 Å². The van der Waals surface area contributed by atoms with Gasteiger partial charge in [-0.3, -0.25) is 0 Å². The second kappa shape index (κ2) is 5.36. The van der Waals surface area contributed by atoms with Crippen molar-refractivity contribution in [3.63, 3.8) is 0 Å². The summed E-state index contributed by atoms with van der Waals surface area (Å²) in [5.74, 6) is 1.05. The predicted molar refractivity (Wildman–Crippen MR) is 64.2 cm³/mol. The smallest absolute Gasteiger partial charge is 0.113 e. The Labute approximate surface area is 93.1 Å². The molecule has 1 saturated carbocycles. The maximum atomic E-state index is 8.82. The molecule has 1 aliphatic carbocycles. The van der Waals surface area contributed by atoms with Gasteiger partial charge in [-0.2, -0.15) is 0 Å². The fourth-order valence-corrected chi connectivity index (χ4v) is 2.55. The fraction of sp³-hybridized carbons (Fsp3) is 0.692. The highest BCUT2D eigenvalue weighted by Crippen LogP contribution is 2.39. The highest BCUT2D eigenvalue weighted by molar-refractivity contribution is 5.21. The molecule has 1 fully saturated rings. The van der Waals surface area contributed by atoms with Gasteiger partial charge in [0, 0.05) is 11.6 Å². The summed E-state index contributed by atoms with van der Waals surface area (Å²) in [4.78, 5) is 0. The first-order valence-corrected chi connectivity index (χ1v) is 5.77. The van der Waals surface area contributed by atoms with Gasteiger partial charge >= 0.3 is 0 Å². The fourth-order valence-electron chi connectivity index (χ4n) is 2.55. The summed E-state index contributed by atoms with van der Waals surface area (Å²) >= 11 is 0. The number of aliphatic hydroxyl groups is 1. The van der Waals surface area contributed by atoms with Crippen LogP contribution in [0.2, 0.25) is 0 Å². The summed E-state index contributed by atoms with van der Waals surface area (Å²) in [5.41, 5.74) is 4.02. The normalized spacial score (nSPS) is 22.7. The Morgan fingerprint density at radius 3 is 2.80 bits per heavy atom. The average molecular weight is 209 g/mol. The van der Waals surface area contributed by atoms with Crippen LogP contribution >= 0.6 is 0 Å². The van der Waals surface area contributed by atoms with Crippen molar-refractivity contribution in [2.45, 2.75) is 40.0 Å². The Morgan fingerprint density at radius 1 is 1.60 bits per heavy atom. The molecule has 86 valence electrons. The van der Waals surface area contributed by atoms with E-state index in [4.69, 9.17) is 5.11 Å². The van der Waals surface area contributed by atoms with E-state index in [1.54, 1.807) is 5.57 Å². The van der Waals surface area contributed by atoms with E-state index in [0.717, 1.165) is 5.70 Å². The Balaban J connectivity index is 2.71. The predicted octanol–water partition coefficient (Wildman–Crippen LogP) is 2.81. The second-order valence-electron chi connectivity index (χ2n) is 4.67. The second-order valence-corrected chi connectivity index (χ2v) is 4.67. The lowest BCUT2D eigenvalue weighted by atomic mass is 9.85. The van der Waals surface area contributed by atoms with Gasteiger partial charge in [0.2, 0.25) is 0 Å². The minimum atomic E-state index is -0.0138. The summed E-state index contributed by atoms with van der Waals surface area (Å²) < 4.78 is 0. The minimum absolute atomic E-state index is 0.0138. The SMILES string of the molecule is C=C(NCO)C(C)C1CCCC1=C(C)C. The van der Waals surface area contributed by atoms with Crippen molar-refractivity contribution in [1.82, 2.24) is 5.32 Å². The number of aliphatic hydroxyl groups excluding tert-OH is 1. The molecule has 0 heterocycles. The third-order valence-electron chi connectivity index (χ3n) is 3.51. The largest absolute Gasteiger partial charge is 0.377 e. The van der Waals surface area contributed by atoms with Gasteiger partial charge in [0.1, 0.15) is 6.73 Å². The quantitative estimate of drug-likeness (QED) is 0.551. The summed E-state index contributed by atoms with van der Waals surface area (Å²) in [6, 6.07) is 0. The van der Waals surface area contributed by atoms with Crippen molar-refractivity contribution >= 4 is 0 Å². The molecule has 0 radical (unpaired) electrons. The van der Waals surface area contributed by atoms with Crippen LogP contribution in [0, 0.1) is 11.8 Å². The van der Waals surface area contributed by atoms with E-state index in [1.807, 2.05) is 0 Å². The lowest BCUT2D eigenvalue weighted by molar-refractivity contribution is 0.264. The molecule has 2 nitrogen and oxygen atoms in total. The molecule has 0 aromatic rings. The number of hydrogen-bond donors (Lipinski definition) is 2. The van der Waals surface area contributed by atoms with Gasteiger partial charge in [0.15, 0.2) is 0 Å². The third-order valence-corrected chi connectivity index (χ3v) is 3.51. The van der Waals surface area contributed by atoms with Crippen LogP contribution in [-0.4, -0.2) is 11.8 Å². The zero-order valence-corrected chi connectivity index (χ0v) is 10.1. The molecular weight excluding hydrogens is 186 g/mol. The molecule has 2 N–H and O–H groups in total. The molecule has 15 heavy (non-hydrogen) atoms.